The topological polar surface area (TPSA) is 62.4 Å². The zero-order valence-electron chi connectivity index (χ0n) is 12.3. The lowest BCUT2D eigenvalue weighted by molar-refractivity contribution is 0.00390. The number of rotatable bonds is 3. The summed E-state index contributed by atoms with van der Waals surface area (Å²) in [7, 11) is 0. The molecule has 5 nitrogen and oxygen atoms in total. The van der Waals surface area contributed by atoms with E-state index in [2.05, 4.69) is 15.0 Å². The summed E-state index contributed by atoms with van der Waals surface area (Å²) in [5.41, 5.74) is 0. The minimum atomic E-state index is -0.111. The minimum Gasteiger partial charge on any atom is -0.391 e. The van der Waals surface area contributed by atoms with Crippen LogP contribution < -0.4 is 0 Å². The highest BCUT2D eigenvalue weighted by Gasteiger charge is 2.31. The van der Waals surface area contributed by atoms with Crippen molar-refractivity contribution in [3.8, 4) is 0 Å². The van der Waals surface area contributed by atoms with Crippen molar-refractivity contribution in [2.24, 2.45) is 5.92 Å². The van der Waals surface area contributed by atoms with E-state index >= 15 is 0 Å². The molecule has 1 N–H and O–H groups in total. The molecular formula is C15H25N3O2. The molecule has 1 saturated carbocycles. The van der Waals surface area contributed by atoms with Gasteiger partial charge in [0.2, 0.25) is 5.89 Å². The quantitative estimate of drug-likeness (QED) is 0.916. The Hall–Kier alpha value is -0.940. The number of aliphatic hydroxyl groups is 1. The van der Waals surface area contributed by atoms with Crippen molar-refractivity contribution in [1.82, 2.24) is 15.0 Å². The molecule has 1 saturated heterocycles. The van der Waals surface area contributed by atoms with E-state index in [1.54, 1.807) is 0 Å². The minimum absolute atomic E-state index is 0.111. The predicted molar refractivity (Wildman–Crippen MR) is 75.3 cm³/mol. The van der Waals surface area contributed by atoms with Gasteiger partial charge in [-0.2, -0.15) is 4.98 Å². The first kappa shape index (κ1) is 14.0. The molecule has 2 heterocycles. The van der Waals surface area contributed by atoms with Crippen LogP contribution >= 0.6 is 0 Å². The Bertz CT molecular complexity index is 427. The molecule has 1 aliphatic carbocycles. The van der Waals surface area contributed by atoms with Crippen molar-refractivity contribution >= 4 is 0 Å². The van der Waals surface area contributed by atoms with Crippen LogP contribution in [0.2, 0.25) is 0 Å². The highest BCUT2D eigenvalue weighted by molar-refractivity contribution is 4.90. The molecular weight excluding hydrogens is 254 g/mol. The maximum absolute atomic E-state index is 10.2. The molecule has 1 aromatic heterocycles. The van der Waals surface area contributed by atoms with Crippen LogP contribution in [0.1, 0.15) is 50.2 Å². The second-order valence-corrected chi connectivity index (χ2v) is 6.33. The van der Waals surface area contributed by atoms with Crippen LogP contribution in [0, 0.1) is 12.8 Å². The van der Waals surface area contributed by atoms with Crippen LogP contribution in [0.3, 0.4) is 0 Å². The van der Waals surface area contributed by atoms with Crippen LogP contribution in [0.25, 0.3) is 0 Å². The van der Waals surface area contributed by atoms with Gasteiger partial charge in [0.15, 0.2) is 5.82 Å². The van der Waals surface area contributed by atoms with E-state index in [9.17, 15) is 5.11 Å². The molecule has 1 aromatic rings. The molecule has 0 bridgehead atoms. The van der Waals surface area contributed by atoms with Gasteiger partial charge < -0.3 is 9.63 Å². The SMILES string of the molecule is Cc1nc(CC2CCN([C@@H]3CCCC[C@H]3O)CC2)no1. The molecule has 112 valence electrons. The maximum Gasteiger partial charge on any atom is 0.223 e. The molecule has 0 amide bonds. The lowest BCUT2D eigenvalue weighted by atomic mass is 9.87. The second-order valence-electron chi connectivity index (χ2n) is 6.33. The normalized spacial score (nSPS) is 29.7. The number of nitrogens with zero attached hydrogens (tertiary/aromatic N) is 3. The Morgan fingerprint density at radius 1 is 1.20 bits per heavy atom. The van der Waals surface area contributed by atoms with Gasteiger partial charge in [-0.05, 0) is 44.7 Å². The summed E-state index contributed by atoms with van der Waals surface area (Å²) in [6, 6.07) is 0.400. The summed E-state index contributed by atoms with van der Waals surface area (Å²) in [6.45, 7) is 4.04. The van der Waals surface area contributed by atoms with Gasteiger partial charge in [0.05, 0.1) is 6.10 Å². The molecule has 2 atom stereocenters. The van der Waals surface area contributed by atoms with Gasteiger partial charge in [-0.25, -0.2) is 0 Å². The van der Waals surface area contributed by atoms with Crippen molar-refractivity contribution in [1.29, 1.82) is 0 Å². The zero-order valence-corrected chi connectivity index (χ0v) is 12.3. The number of piperidine rings is 1. The van der Waals surface area contributed by atoms with Crippen LogP contribution in [-0.2, 0) is 6.42 Å². The Morgan fingerprint density at radius 2 is 1.95 bits per heavy atom. The van der Waals surface area contributed by atoms with Crippen LogP contribution in [0.15, 0.2) is 4.52 Å². The Labute approximate surface area is 120 Å². The van der Waals surface area contributed by atoms with Crippen molar-refractivity contribution in [2.45, 2.75) is 64.0 Å². The van der Waals surface area contributed by atoms with Crippen molar-refractivity contribution in [2.75, 3.05) is 13.1 Å². The number of likely N-dealkylation sites (tertiary alicyclic amines) is 1. The lowest BCUT2D eigenvalue weighted by Gasteiger charge is -2.41. The molecule has 2 aliphatic rings. The molecule has 3 rings (SSSR count). The highest BCUT2D eigenvalue weighted by Crippen LogP contribution is 2.28. The standard InChI is InChI=1S/C15H25N3O2/c1-11-16-15(17-20-11)10-12-6-8-18(9-7-12)13-4-2-3-5-14(13)19/h12-14,19H,2-10H2,1H3/t13-,14-/m1/s1. The summed E-state index contributed by atoms with van der Waals surface area (Å²) in [4.78, 5) is 6.80. The first-order valence-corrected chi connectivity index (χ1v) is 7.93. The Morgan fingerprint density at radius 3 is 2.60 bits per heavy atom. The predicted octanol–water partition coefficient (Wildman–Crippen LogP) is 1.94. The molecule has 0 spiro atoms. The van der Waals surface area contributed by atoms with Crippen molar-refractivity contribution < 1.29 is 9.63 Å². The molecule has 20 heavy (non-hydrogen) atoms. The average Bonchev–Trinajstić information content (AvgIpc) is 2.86. The Balaban J connectivity index is 1.49. The van der Waals surface area contributed by atoms with Gasteiger partial charge in [0, 0.05) is 19.4 Å². The third-order valence-electron chi connectivity index (χ3n) is 4.85. The van der Waals surface area contributed by atoms with E-state index in [1.807, 2.05) is 6.92 Å². The summed E-state index contributed by atoms with van der Waals surface area (Å²) in [6.07, 6.45) is 7.77. The van der Waals surface area contributed by atoms with Gasteiger partial charge in [0.25, 0.3) is 0 Å². The number of aromatic nitrogens is 2. The van der Waals surface area contributed by atoms with Gasteiger partial charge >= 0.3 is 0 Å². The summed E-state index contributed by atoms with van der Waals surface area (Å²) >= 11 is 0. The largest absolute Gasteiger partial charge is 0.391 e. The van der Waals surface area contributed by atoms with E-state index in [1.165, 1.54) is 25.7 Å². The van der Waals surface area contributed by atoms with Crippen LogP contribution in [0.4, 0.5) is 0 Å². The van der Waals surface area contributed by atoms with E-state index < -0.39 is 0 Å². The zero-order chi connectivity index (χ0) is 13.9. The summed E-state index contributed by atoms with van der Waals surface area (Å²) in [5.74, 6) is 2.16. The maximum atomic E-state index is 10.2. The fraction of sp³-hybridized carbons (Fsp3) is 0.867. The second kappa shape index (κ2) is 6.22. The smallest absolute Gasteiger partial charge is 0.223 e. The molecule has 1 aliphatic heterocycles. The van der Waals surface area contributed by atoms with Crippen LogP contribution in [0.5, 0.6) is 0 Å². The van der Waals surface area contributed by atoms with E-state index in [0.29, 0.717) is 17.9 Å². The number of hydrogen-bond acceptors (Lipinski definition) is 5. The highest BCUT2D eigenvalue weighted by atomic mass is 16.5. The van der Waals surface area contributed by atoms with Gasteiger partial charge in [-0.15, -0.1) is 0 Å². The third kappa shape index (κ3) is 3.20. The summed E-state index contributed by atoms with van der Waals surface area (Å²) in [5, 5.41) is 14.1. The average molecular weight is 279 g/mol. The fourth-order valence-electron chi connectivity index (χ4n) is 3.69. The molecule has 2 fully saturated rings. The van der Waals surface area contributed by atoms with E-state index in [0.717, 1.165) is 38.2 Å². The van der Waals surface area contributed by atoms with E-state index in [-0.39, 0.29) is 6.10 Å². The first-order valence-electron chi connectivity index (χ1n) is 7.93. The van der Waals surface area contributed by atoms with Crippen LogP contribution in [-0.4, -0.2) is 45.4 Å². The van der Waals surface area contributed by atoms with Gasteiger partial charge in [0.1, 0.15) is 0 Å². The Kier molecular flexibility index (Phi) is 4.36. The van der Waals surface area contributed by atoms with E-state index in [4.69, 9.17) is 4.52 Å². The summed E-state index contributed by atoms with van der Waals surface area (Å²) < 4.78 is 5.03. The fourth-order valence-corrected chi connectivity index (χ4v) is 3.69. The molecule has 0 aromatic carbocycles. The number of aliphatic hydroxyl groups excluding tert-OH is 1. The third-order valence-corrected chi connectivity index (χ3v) is 4.85. The van der Waals surface area contributed by atoms with Gasteiger partial charge in [-0.3, -0.25) is 4.90 Å². The monoisotopic (exact) mass is 279 g/mol. The molecule has 0 radical (unpaired) electrons. The molecule has 0 unspecified atom stereocenters. The lowest BCUT2D eigenvalue weighted by Crippen LogP contribution is -2.49. The number of hydrogen-bond donors (Lipinski definition) is 1. The number of aryl methyl sites for hydroxylation is 1. The van der Waals surface area contributed by atoms with Gasteiger partial charge in [-0.1, -0.05) is 18.0 Å². The molecule has 5 heteroatoms. The van der Waals surface area contributed by atoms with Crippen molar-refractivity contribution in [3.05, 3.63) is 11.7 Å². The first-order chi connectivity index (χ1) is 9.72. The van der Waals surface area contributed by atoms with Crippen molar-refractivity contribution in [3.63, 3.8) is 0 Å².